The molecule has 0 fully saturated rings. The lowest BCUT2D eigenvalue weighted by Crippen LogP contribution is -2.30. The highest BCUT2D eigenvalue weighted by Crippen LogP contribution is 2.26. The maximum Gasteiger partial charge on any atom is 0.337 e. The fourth-order valence-electron chi connectivity index (χ4n) is 2.78. The van der Waals surface area contributed by atoms with Gasteiger partial charge in [0.1, 0.15) is 5.75 Å². The van der Waals surface area contributed by atoms with Gasteiger partial charge in [-0.05, 0) is 43.0 Å². The minimum Gasteiger partial charge on any atom is -0.480 e. The number of hydrogen-bond acceptors (Lipinski definition) is 4. The Labute approximate surface area is 157 Å². The molecule has 0 aliphatic heterocycles. The number of fused-ring (bicyclic) bond motifs is 1. The number of carbonyl (C=O) groups is 2. The molecule has 1 amide bonds. The summed E-state index contributed by atoms with van der Waals surface area (Å²) >= 11 is 0. The van der Waals surface area contributed by atoms with Crippen molar-refractivity contribution in [1.82, 2.24) is 0 Å². The molecule has 1 N–H and O–H groups in total. The first-order chi connectivity index (χ1) is 13.0. The van der Waals surface area contributed by atoms with E-state index in [1.807, 2.05) is 49.4 Å². The molecule has 0 heterocycles. The van der Waals surface area contributed by atoms with Crippen LogP contribution in [0.5, 0.6) is 5.75 Å². The van der Waals surface area contributed by atoms with Gasteiger partial charge < -0.3 is 14.8 Å². The van der Waals surface area contributed by atoms with Crippen LogP contribution in [0.15, 0.2) is 60.7 Å². The average molecular weight is 363 g/mol. The molecule has 3 rings (SSSR count). The van der Waals surface area contributed by atoms with Crippen molar-refractivity contribution >= 4 is 28.3 Å². The van der Waals surface area contributed by atoms with Crippen molar-refractivity contribution in [2.24, 2.45) is 0 Å². The Morgan fingerprint density at radius 2 is 1.74 bits per heavy atom. The topological polar surface area (TPSA) is 64.6 Å². The molecule has 0 unspecified atom stereocenters. The molecule has 0 aromatic heterocycles. The summed E-state index contributed by atoms with van der Waals surface area (Å²) in [6.45, 7) is 3.55. The van der Waals surface area contributed by atoms with Crippen LogP contribution in [0.25, 0.3) is 10.8 Å². The third-order valence-corrected chi connectivity index (χ3v) is 4.34. The molecule has 0 saturated heterocycles. The van der Waals surface area contributed by atoms with Gasteiger partial charge in [0.25, 0.3) is 5.91 Å². The van der Waals surface area contributed by atoms with Crippen LogP contribution in [0, 0.1) is 6.92 Å². The van der Waals surface area contributed by atoms with E-state index < -0.39 is 12.1 Å². The van der Waals surface area contributed by atoms with Crippen LogP contribution in [-0.4, -0.2) is 25.1 Å². The van der Waals surface area contributed by atoms with Gasteiger partial charge in [-0.25, -0.2) is 4.79 Å². The van der Waals surface area contributed by atoms with Gasteiger partial charge in [-0.2, -0.15) is 0 Å². The summed E-state index contributed by atoms with van der Waals surface area (Å²) in [6.07, 6.45) is -0.711. The molecule has 0 radical (unpaired) electrons. The second-order valence-corrected chi connectivity index (χ2v) is 6.25. The first-order valence-corrected chi connectivity index (χ1v) is 8.64. The number of amides is 1. The molecular weight excluding hydrogens is 342 g/mol. The standard InChI is InChI=1S/C22H21NO4/c1-14-11-12-17(22(25)26-3)13-19(14)23-21(24)15(2)27-20-10-6-8-16-7-4-5-9-18(16)20/h4-13,15H,1-3H3,(H,23,24)/t15-/m1/s1. The summed E-state index contributed by atoms with van der Waals surface area (Å²) in [7, 11) is 1.32. The summed E-state index contributed by atoms with van der Waals surface area (Å²) in [6, 6.07) is 18.6. The monoisotopic (exact) mass is 363 g/mol. The molecule has 0 bridgehead atoms. The van der Waals surface area contributed by atoms with Crippen LogP contribution < -0.4 is 10.1 Å². The van der Waals surface area contributed by atoms with Gasteiger partial charge in [0.15, 0.2) is 6.10 Å². The fourth-order valence-corrected chi connectivity index (χ4v) is 2.78. The zero-order valence-electron chi connectivity index (χ0n) is 15.5. The Bertz CT molecular complexity index is 991. The number of aryl methyl sites for hydroxylation is 1. The smallest absolute Gasteiger partial charge is 0.337 e. The number of methoxy groups -OCH3 is 1. The van der Waals surface area contributed by atoms with E-state index >= 15 is 0 Å². The molecule has 0 saturated carbocycles. The van der Waals surface area contributed by atoms with E-state index in [-0.39, 0.29) is 5.91 Å². The van der Waals surface area contributed by atoms with Crippen LogP contribution in [0.2, 0.25) is 0 Å². The highest BCUT2D eigenvalue weighted by atomic mass is 16.5. The van der Waals surface area contributed by atoms with E-state index in [0.29, 0.717) is 17.0 Å². The lowest BCUT2D eigenvalue weighted by molar-refractivity contribution is -0.122. The van der Waals surface area contributed by atoms with Crippen molar-refractivity contribution in [1.29, 1.82) is 0 Å². The Morgan fingerprint density at radius 3 is 2.52 bits per heavy atom. The number of benzene rings is 3. The zero-order chi connectivity index (χ0) is 19.4. The summed E-state index contributed by atoms with van der Waals surface area (Å²) in [5, 5.41) is 4.82. The predicted molar refractivity (Wildman–Crippen MR) is 105 cm³/mol. The van der Waals surface area contributed by atoms with E-state index in [1.165, 1.54) is 7.11 Å². The second kappa shape index (κ2) is 7.91. The molecule has 27 heavy (non-hydrogen) atoms. The summed E-state index contributed by atoms with van der Waals surface area (Å²) in [5.74, 6) is -0.102. The molecule has 3 aromatic carbocycles. The fraction of sp³-hybridized carbons (Fsp3) is 0.182. The van der Waals surface area contributed by atoms with Crippen molar-refractivity contribution in [2.75, 3.05) is 12.4 Å². The van der Waals surface area contributed by atoms with Crippen molar-refractivity contribution in [3.05, 3.63) is 71.8 Å². The lowest BCUT2D eigenvalue weighted by Gasteiger charge is -2.17. The highest BCUT2D eigenvalue weighted by Gasteiger charge is 2.18. The van der Waals surface area contributed by atoms with Gasteiger partial charge in [-0.15, -0.1) is 0 Å². The summed E-state index contributed by atoms with van der Waals surface area (Å²) in [5.41, 5.74) is 1.77. The average Bonchev–Trinajstić information content (AvgIpc) is 2.69. The van der Waals surface area contributed by atoms with Crippen LogP contribution in [-0.2, 0) is 9.53 Å². The summed E-state index contributed by atoms with van der Waals surface area (Å²) in [4.78, 5) is 24.3. The Hall–Kier alpha value is -3.34. The van der Waals surface area contributed by atoms with Crippen molar-refractivity contribution in [3.8, 4) is 5.75 Å². The molecule has 138 valence electrons. The molecule has 0 aliphatic carbocycles. The van der Waals surface area contributed by atoms with Crippen LogP contribution in [0.3, 0.4) is 0 Å². The molecule has 0 aliphatic rings. The van der Waals surface area contributed by atoms with Gasteiger partial charge in [0.2, 0.25) is 0 Å². The normalized spacial score (nSPS) is 11.7. The minimum absolute atomic E-state index is 0.298. The first kappa shape index (κ1) is 18.5. The van der Waals surface area contributed by atoms with E-state index in [9.17, 15) is 9.59 Å². The van der Waals surface area contributed by atoms with Gasteiger partial charge >= 0.3 is 5.97 Å². The number of anilines is 1. The van der Waals surface area contributed by atoms with Gasteiger partial charge in [0, 0.05) is 11.1 Å². The van der Waals surface area contributed by atoms with Gasteiger partial charge in [0.05, 0.1) is 12.7 Å². The third kappa shape index (κ3) is 4.08. The zero-order valence-corrected chi connectivity index (χ0v) is 15.5. The third-order valence-electron chi connectivity index (χ3n) is 4.34. The Morgan fingerprint density at radius 1 is 1.00 bits per heavy atom. The SMILES string of the molecule is COC(=O)c1ccc(C)c(NC(=O)[C@@H](C)Oc2cccc3ccccc23)c1. The number of nitrogens with one attached hydrogen (secondary N) is 1. The lowest BCUT2D eigenvalue weighted by atomic mass is 10.1. The molecule has 5 nitrogen and oxygen atoms in total. The Balaban J connectivity index is 1.77. The number of carbonyl (C=O) groups excluding carboxylic acids is 2. The Kier molecular flexibility index (Phi) is 5.41. The molecule has 0 spiro atoms. The maximum atomic E-state index is 12.6. The highest BCUT2D eigenvalue weighted by molar-refractivity contribution is 5.97. The van der Waals surface area contributed by atoms with Crippen molar-refractivity contribution in [3.63, 3.8) is 0 Å². The minimum atomic E-state index is -0.711. The number of hydrogen-bond donors (Lipinski definition) is 1. The molecule has 1 atom stereocenters. The van der Waals surface area contributed by atoms with Gasteiger partial charge in [-0.3, -0.25) is 4.79 Å². The number of esters is 1. The molecule has 3 aromatic rings. The molecular formula is C22H21NO4. The van der Waals surface area contributed by atoms with E-state index in [2.05, 4.69) is 5.32 Å². The second-order valence-electron chi connectivity index (χ2n) is 6.25. The van der Waals surface area contributed by atoms with E-state index in [1.54, 1.807) is 25.1 Å². The number of ether oxygens (including phenoxy) is 2. The first-order valence-electron chi connectivity index (χ1n) is 8.64. The van der Waals surface area contributed by atoms with Crippen molar-refractivity contribution < 1.29 is 19.1 Å². The van der Waals surface area contributed by atoms with Gasteiger partial charge in [-0.1, -0.05) is 42.5 Å². The van der Waals surface area contributed by atoms with Crippen LogP contribution in [0.1, 0.15) is 22.8 Å². The number of rotatable bonds is 5. The van der Waals surface area contributed by atoms with Crippen molar-refractivity contribution in [2.45, 2.75) is 20.0 Å². The predicted octanol–water partition coefficient (Wildman–Crippen LogP) is 4.34. The summed E-state index contributed by atoms with van der Waals surface area (Å²) < 4.78 is 10.6. The maximum absolute atomic E-state index is 12.6. The van der Waals surface area contributed by atoms with Crippen LogP contribution >= 0.6 is 0 Å². The molecule has 5 heteroatoms. The quantitative estimate of drug-likeness (QED) is 0.685. The largest absolute Gasteiger partial charge is 0.480 e. The van der Waals surface area contributed by atoms with Crippen LogP contribution in [0.4, 0.5) is 5.69 Å². The van der Waals surface area contributed by atoms with E-state index in [0.717, 1.165) is 16.3 Å². The van der Waals surface area contributed by atoms with E-state index in [4.69, 9.17) is 9.47 Å².